The second-order valence-corrected chi connectivity index (χ2v) is 8.82. The van der Waals surface area contributed by atoms with Gasteiger partial charge in [-0.15, -0.1) is 0 Å². The molecule has 0 radical (unpaired) electrons. The molecule has 1 aliphatic rings. The summed E-state index contributed by atoms with van der Waals surface area (Å²) in [5, 5.41) is 0.950. The van der Waals surface area contributed by atoms with Crippen molar-refractivity contribution in [1.29, 1.82) is 0 Å². The average Bonchev–Trinajstić information content (AvgIpc) is 3.08. The maximum atomic E-state index is 12.6. The van der Waals surface area contributed by atoms with Gasteiger partial charge in [0.1, 0.15) is 17.7 Å². The van der Waals surface area contributed by atoms with Crippen LogP contribution in [0.2, 0.25) is 0 Å². The lowest BCUT2D eigenvalue weighted by atomic mass is 9.93. The monoisotopic (exact) mass is 434 g/mol. The Morgan fingerprint density at radius 1 is 1.23 bits per heavy atom. The van der Waals surface area contributed by atoms with Gasteiger partial charge in [-0.25, -0.2) is 23.1 Å². The molecule has 7 nitrogen and oxygen atoms in total. The first kappa shape index (κ1) is 20.4. The zero-order chi connectivity index (χ0) is 21.3. The minimum absolute atomic E-state index is 0.000741. The van der Waals surface area contributed by atoms with Crippen molar-refractivity contribution >= 4 is 26.6 Å². The third kappa shape index (κ3) is 4.34. The van der Waals surface area contributed by atoms with Gasteiger partial charge in [-0.3, -0.25) is 0 Å². The van der Waals surface area contributed by atoms with Crippen molar-refractivity contribution in [2.45, 2.75) is 43.7 Å². The Morgan fingerprint density at radius 2 is 2.00 bits per heavy atom. The third-order valence-corrected chi connectivity index (χ3v) is 6.49. The Labute approximate surface area is 172 Å². The number of ether oxygens (including phenoxy) is 1. The summed E-state index contributed by atoms with van der Waals surface area (Å²) in [6.45, 7) is -1.00. The number of nitrogens with one attached hydrogen (secondary N) is 2. The highest BCUT2D eigenvalue weighted by molar-refractivity contribution is 7.89. The van der Waals surface area contributed by atoms with Crippen LogP contribution in [0.5, 0.6) is 5.75 Å². The number of aryl methyl sites for hydroxylation is 1. The van der Waals surface area contributed by atoms with E-state index in [4.69, 9.17) is 0 Å². The maximum absolute atomic E-state index is 12.6. The number of rotatable bonds is 6. The third-order valence-electron chi connectivity index (χ3n) is 4.96. The van der Waals surface area contributed by atoms with E-state index in [1.807, 2.05) is 19.1 Å². The normalized spacial score (nSPS) is 17.3. The van der Waals surface area contributed by atoms with Gasteiger partial charge in [-0.05, 0) is 62.1 Å². The quantitative estimate of drug-likeness (QED) is 0.615. The molecular weight excluding hydrogens is 414 g/mol. The smallest absolute Gasteiger partial charge is 0.387 e. The van der Waals surface area contributed by atoms with Gasteiger partial charge in [-0.2, -0.15) is 8.78 Å². The van der Waals surface area contributed by atoms with Crippen LogP contribution in [-0.4, -0.2) is 36.0 Å². The predicted octanol–water partition coefficient (Wildman–Crippen LogP) is 3.78. The zero-order valence-corrected chi connectivity index (χ0v) is 16.9. The number of H-pyrrole nitrogens is 1. The van der Waals surface area contributed by atoms with E-state index in [2.05, 4.69) is 24.4 Å². The Bertz CT molecular complexity index is 1190. The minimum atomic E-state index is -3.77. The summed E-state index contributed by atoms with van der Waals surface area (Å²) in [7, 11) is -3.77. The molecule has 3 aromatic rings. The highest BCUT2D eigenvalue weighted by atomic mass is 32.2. The largest absolute Gasteiger partial charge is 0.435 e. The Balaban J connectivity index is 1.46. The molecule has 158 valence electrons. The van der Waals surface area contributed by atoms with Crippen LogP contribution >= 0.6 is 0 Å². The van der Waals surface area contributed by atoms with Crippen LogP contribution in [-0.2, 0) is 10.0 Å². The van der Waals surface area contributed by atoms with Gasteiger partial charge >= 0.3 is 6.61 Å². The summed E-state index contributed by atoms with van der Waals surface area (Å²) in [6.07, 6.45) is 5.33. The molecular formula is C20H20F2N4O3S. The van der Waals surface area contributed by atoms with Gasteiger partial charge < -0.3 is 9.72 Å². The van der Waals surface area contributed by atoms with Crippen molar-refractivity contribution in [2.24, 2.45) is 0 Å². The number of fused-ring (bicyclic) bond motifs is 1. The molecule has 0 aliphatic heterocycles. The lowest BCUT2D eigenvalue weighted by Crippen LogP contribution is -2.35. The van der Waals surface area contributed by atoms with E-state index in [1.54, 1.807) is 0 Å². The zero-order valence-electron chi connectivity index (χ0n) is 16.1. The van der Waals surface area contributed by atoms with Crippen LogP contribution in [0.15, 0.2) is 47.6 Å². The lowest BCUT2D eigenvalue weighted by Gasteiger charge is -2.23. The molecule has 1 aliphatic carbocycles. The van der Waals surface area contributed by atoms with Crippen molar-refractivity contribution in [3.8, 4) is 5.75 Å². The lowest BCUT2D eigenvalue weighted by molar-refractivity contribution is -0.0498. The second-order valence-electron chi connectivity index (χ2n) is 7.11. The van der Waals surface area contributed by atoms with Crippen molar-refractivity contribution in [1.82, 2.24) is 19.7 Å². The van der Waals surface area contributed by atoms with Crippen LogP contribution in [0.4, 0.5) is 8.78 Å². The molecule has 0 amide bonds. The van der Waals surface area contributed by atoms with E-state index in [0.29, 0.717) is 19.3 Å². The van der Waals surface area contributed by atoms with Crippen molar-refractivity contribution in [2.75, 3.05) is 0 Å². The number of sulfonamides is 1. The van der Waals surface area contributed by atoms with E-state index < -0.39 is 16.6 Å². The number of nitrogens with zero attached hydrogens (tertiary/aromatic N) is 2. The van der Waals surface area contributed by atoms with Crippen molar-refractivity contribution in [3.63, 3.8) is 0 Å². The fourth-order valence-corrected chi connectivity index (χ4v) is 4.85. The number of allylic oxidation sites excluding steroid dienone is 1. The first-order chi connectivity index (χ1) is 14.3. The first-order valence-corrected chi connectivity index (χ1v) is 10.9. The number of alkyl halides is 2. The summed E-state index contributed by atoms with van der Waals surface area (Å²) >= 11 is 0. The molecule has 1 aromatic carbocycles. The van der Waals surface area contributed by atoms with Crippen LogP contribution in [0.25, 0.3) is 16.6 Å². The van der Waals surface area contributed by atoms with Crippen LogP contribution < -0.4 is 9.46 Å². The van der Waals surface area contributed by atoms with E-state index in [0.717, 1.165) is 28.0 Å². The topological polar surface area (TPSA) is 97.0 Å². The Morgan fingerprint density at radius 3 is 2.67 bits per heavy atom. The molecule has 2 heterocycles. The van der Waals surface area contributed by atoms with E-state index in [9.17, 15) is 17.2 Å². The molecule has 0 spiro atoms. The summed E-state index contributed by atoms with van der Waals surface area (Å²) in [4.78, 5) is 11.8. The molecule has 1 atom stereocenters. The standard InChI is InChI=1S/C20H20F2N4O3S/c1-12-10-17-18(23-11-24-19(17)25-12)13-2-4-14(5-3-13)26-30(27,28)16-8-6-15(7-9-16)29-20(21)22/h2,6-11,14,20,26H,3-5H2,1H3,(H,23,24,25). The molecule has 0 bridgehead atoms. The summed E-state index contributed by atoms with van der Waals surface area (Å²) in [5.74, 6) is -0.0923. The Kier molecular flexibility index (Phi) is 5.52. The van der Waals surface area contributed by atoms with Crippen molar-refractivity contribution in [3.05, 3.63) is 54.1 Å². The maximum Gasteiger partial charge on any atom is 0.387 e. The fraction of sp³-hybridized carbons (Fsp3) is 0.300. The van der Waals surface area contributed by atoms with Gasteiger partial charge in [0.25, 0.3) is 0 Å². The van der Waals surface area contributed by atoms with E-state index >= 15 is 0 Å². The minimum Gasteiger partial charge on any atom is -0.435 e. The van der Waals surface area contributed by atoms with Crippen LogP contribution in [0.1, 0.15) is 30.7 Å². The molecule has 0 fully saturated rings. The van der Waals surface area contributed by atoms with Crippen LogP contribution in [0.3, 0.4) is 0 Å². The molecule has 0 saturated heterocycles. The predicted molar refractivity (Wildman–Crippen MR) is 108 cm³/mol. The molecule has 10 heteroatoms. The first-order valence-electron chi connectivity index (χ1n) is 9.39. The van der Waals surface area contributed by atoms with Crippen LogP contribution in [0, 0.1) is 6.92 Å². The highest BCUT2D eigenvalue weighted by Gasteiger charge is 2.24. The van der Waals surface area contributed by atoms with E-state index in [1.165, 1.54) is 30.6 Å². The summed E-state index contributed by atoms with van der Waals surface area (Å²) < 4.78 is 56.6. The van der Waals surface area contributed by atoms with Gasteiger partial charge in [0.05, 0.1) is 10.6 Å². The number of benzene rings is 1. The second kappa shape index (κ2) is 8.11. The number of hydrogen-bond donors (Lipinski definition) is 2. The number of aromatic amines is 1. The van der Waals surface area contributed by atoms with Gasteiger partial charge in [0.2, 0.25) is 10.0 Å². The highest BCUT2D eigenvalue weighted by Crippen LogP contribution is 2.30. The molecule has 30 heavy (non-hydrogen) atoms. The number of halogens is 2. The molecule has 2 aromatic heterocycles. The summed E-state index contributed by atoms with van der Waals surface area (Å²) in [5.41, 5.74) is 3.70. The molecule has 0 saturated carbocycles. The SMILES string of the molecule is Cc1cc2c(C3=CCC(NS(=O)(=O)c4ccc(OC(F)F)cc4)CC3)ncnc2[nH]1. The van der Waals surface area contributed by atoms with Crippen molar-refractivity contribution < 1.29 is 21.9 Å². The number of hydrogen-bond acceptors (Lipinski definition) is 5. The van der Waals surface area contributed by atoms with E-state index in [-0.39, 0.29) is 16.7 Å². The van der Waals surface area contributed by atoms with Gasteiger partial charge in [-0.1, -0.05) is 6.08 Å². The average molecular weight is 434 g/mol. The van der Waals surface area contributed by atoms with Gasteiger partial charge in [0, 0.05) is 17.1 Å². The fourth-order valence-electron chi connectivity index (χ4n) is 3.57. The molecule has 1 unspecified atom stereocenters. The molecule has 2 N–H and O–H groups in total. The number of aromatic nitrogens is 3. The molecule has 4 rings (SSSR count). The summed E-state index contributed by atoms with van der Waals surface area (Å²) in [6, 6.07) is 6.65. The van der Waals surface area contributed by atoms with Gasteiger partial charge in [0.15, 0.2) is 0 Å². The Hall–Kier alpha value is -2.85.